The van der Waals surface area contributed by atoms with Crippen LogP contribution in [-0.4, -0.2) is 30.9 Å². The van der Waals surface area contributed by atoms with Crippen molar-refractivity contribution in [2.24, 2.45) is 7.05 Å². The number of carbonyl (C=O) groups excluding carboxylic acids is 1. The summed E-state index contributed by atoms with van der Waals surface area (Å²) in [6.45, 7) is 1.14. The molecule has 0 fully saturated rings. The number of nitrogens with zero attached hydrogens (tertiary/aromatic N) is 1. The minimum Gasteiger partial charge on any atom is -0.462 e. The van der Waals surface area contributed by atoms with Crippen molar-refractivity contribution in [2.45, 2.75) is 12.8 Å². The summed E-state index contributed by atoms with van der Waals surface area (Å²) < 4.78 is 12.2. The number of fused-ring (bicyclic) bond motifs is 1. The summed E-state index contributed by atoms with van der Waals surface area (Å²) in [5.74, 6) is -0.255. The average Bonchev–Trinajstić information content (AvgIpc) is 2.80. The molecular weight excluding hydrogens is 242 g/mol. The second kappa shape index (κ2) is 6.38. The molecular formula is C15H19NO3. The molecule has 2 rings (SSSR count). The van der Waals surface area contributed by atoms with Crippen LogP contribution in [0.25, 0.3) is 10.9 Å². The van der Waals surface area contributed by atoms with Gasteiger partial charge in [-0.25, -0.2) is 4.79 Å². The quantitative estimate of drug-likeness (QED) is 0.593. The molecule has 0 bridgehead atoms. The second-order valence-electron chi connectivity index (χ2n) is 4.50. The maximum atomic E-state index is 12.0. The Bertz CT molecular complexity index is 560. The van der Waals surface area contributed by atoms with Crippen molar-refractivity contribution in [3.05, 3.63) is 36.0 Å². The van der Waals surface area contributed by atoms with Gasteiger partial charge in [0, 0.05) is 37.9 Å². The number of methoxy groups -OCH3 is 1. The molecule has 1 heterocycles. The molecule has 0 radical (unpaired) electrons. The van der Waals surface area contributed by atoms with Crippen LogP contribution < -0.4 is 0 Å². The van der Waals surface area contributed by atoms with E-state index in [4.69, 9.17) is 9.47 Å². The summed E-state index contributed by atoms with van der Waals surface area (Å²) in [5, 5.41) is 0.937. The lowest BCUT2D eigenvalue weighted by Gasteiger charge is -2.06. The van der Waals surface area contributed by atoms with Crippen molar-refractivity contribution in [2.75, 3.05) is 20.3 Å². The Labute approximate surface area is 112 Å². The highest BCUT2D eigenvalue weighted by molar-refractivity contribution is 6.03. The fourth-order valence-electron chi connectivity index (χ4n) is 2.07. The van der Waals surface area contributed by atoms with Crippen molar-refractivity contribution in [3.8, 4) is 0 Å². The van der Waals surface area contributed by atoms with E-state index in [0.29, 0.717) is 18.8 Å². The molecule has 0 saturated heterocycles. The first-order valence-electron chi connectivity index (χ1n) is 6.44. The fourth-order valence-corrected chi connectivity index (χ4v) is 2.07. The van der Waals surface area contributed by atoms with Crippen LogP contribution in [0.4, 0.5) is 0 Å². The van der Waals surface area contributed by atoms with Crippen LogP contribution >= 0.6 is 0 Å². The van der Waals surface area contributed by atoms with Crippen LogP contribution in [0.15, 0.2) is 30.5 Å². The molecule has 0 aliphatic heterocycles. The van der Waals surface area contributed by atoms with E-state index in [1.54, 1.807) is 13.2 Å². The van der Waals surface area contributed by atoms with Crippen molar-refractivity contribution in [1.29, 1.82) is 0 Å². The molecule has 0 amide bonds. The zero-order valence-electron chi connectivity index (χ0n) is 11.4. The normalized spacial score (nSPS) is 10.8. The number of esters is 1. The summed E-state index contributed by atoms with van der Waals surface area (Å²) >= 11 is 0. The number of unbranched alkanes of at least 4 members (excludes halogenated alkanes) is 1. The smallest absolute Gasteiger partial charge is 0.338 e. The zero-order chi connectivity index (χ0) is 13.7. The minimum atomic E-state index is -0.255. The van der Waals surface area contributed by atoms with Gasteiger partial charge < -0.3 is 14.0 Å². The van der Waals surface area contributed by atoms with Crippen LogP contribution in [0.2, 0.25) is 0 Å². The maximum absolute atomic E-state index is 12.0. The van der Waals surface area contributed by atoms with Crippen LogP contribution in [0.5, 0.6) is 0 Å². The highest BCUT2D eigenvalue weighted by atomic mass is 16.5. The summed E-state index contributed by atoms with van der Waals surface area (Å²) in [5.41, 5.74) is 1.67. The Morgan fingerprint density at radius 2 is 2.00 bits per heavy atom. The number of carbonyl (C=O) groups is 1. The molecule has 0 atom stereocenters. The topological polar surface area (TPSA) is 40.5 Å². The van der Waals surface area contributed by atoms with Crippen molar-refractivity contribution < 1.29 is 14.3 Å². The summed E-state index contributed by atoms with van der Waals surface area (Å²) in [7, 11) is 3.63. The number of rotatable bonds is 6. The molecule has 2 aromatic rings. The molecule has 0 aliphatic rings. The number of benzene rings is 1. The van der Waals surface area contributed by atoms with Crippen LogP contribution in [0.1, 0.15) is 23.2 Å². The number of hydrogen-bond acceptors (Lipinski definition) is 3. The first kappa shape index (κ1) is 13.6. The van der Waals surface area contributed by atoms with E-state index in [-0.39, 0.29) is 5.97 Å². The van der Waals surface area contributed by atoms with E-state index in [1.165, 1.54) is 0 Å². The summed E-state index contributed by atoms with van der Waals surface area (Å²) in [6.07, 6.45) is 3.67. The highest BCUT2D eigenvalue weighted by Crippen LogP contribution is 2.20. The van der Waals surface area contributed by atoms with Gasteiger partial charge in [-0.2, -0.15) is 0 Å². The Morgan fingerprint density at radius 3 is 2.79 bits per heavy atom. The maximum Gasteiger partial charge on any atom is 0.338 e. The third-order valence-electron chi connectivity index (χ3n) is 3.12. The SMILES string of the molecule is COCCCCOC(=O)c1cccc2c1ccn2C. The first-order chi connectivity index (χ1) is 9.24. The Balaban J connectivity index is 2.01. The van der Waals surface area contributed by atoms with E-state index in [0.717, 1.165) is 23.7 Å². The Hall–Kier alpha value is -1.81. The van der Waals surface area contributed by atoms with Crippen molar-refractivity contribution in [3.63, 3.8) is 0 Å². The molecule has 0 N–H and O–H groups in total. The van der Waals surface area contributed by atoms with Crippen molar-refractivity contribution >= 4 is 16.9 Å². The van der Waals surface area contributed by atoms with Gasteiger partial charge in [-0.15, -0.1) is 0 Å². The molecule has 1 aromatic heterocycles. The number of ether oxygens (including phenoxy) is 2. The average molecular weight is 261 g/mol. The molecule has 0 unspecified atom stereocenters. The van der Waals surface area contributed by atoms with Gasteiger partial charge in [0.1, 0.15) is 0 Å². The summed E-state index contributed by atoms with van der Waals surface area (Å²) in [4.78, 5) is 12.0. The van der Waals surface area contributed by atoms with Gasteiger partial charge in [-0.05, 0) is 31.0 Å². The highest BCUT2D eigenvalue weighted by Gasteiger charge is 2.12. The Morgan fingerprint density at radius 1 is 1.21 bits per heavy atom. The predicted molar refractivity (Wildman–Crippen MR) is 74.3 cm³/mol. The number of aromatic nitrogens is 1. The van der Waals surface area contributed by atoms with E-state index in [9.17, 15) is 4.79 Å². The monoisotopic (exact) mass is 261 g/mol. The lowest BCUT2D eigenvalue weighted by molar-refractivity contribution is 0.0491. The fraction of sp³-hybridized carbons (Fsp3) is 0.400. The molecule has 0 saturated carbocycles. The minimum absolute atomic E-state index is 0.255. The lowest BCUT2D eigenvalue weighted by Crippen LogP contribution is -2.07. The molecule has 4 nitrogen and oxygen atoms in total. The Kier molecular flexibility index (Phi) is 4.58. The largest absolute Gasteiger partial charge is 0.462 e. The summed E-state index contributed by atoms with van der Waals surface area (Å²) in [6, 6.07) is 7.62. The van der Waals surface area contributed by atoms with Gasteiger partial charge in [-0.3, -0.25) is 0 Å². The predicted octanol–water partition coefficient (Wildman–Crippen LogP) is 2.76. The van der Waals surface area contributed by atoms with Gasteiger partial charge in [-0.1, -0.05) is 6.07 Å². The molecule has 0 spiro atoms. The van der Waals surface area contributed by atoms with E-state index < -0.39 is 0 Å². The second-order valence-corrected chi connectivity index (χ2v) is 4.50. The van der Waals surface area contributed by atoms with Gasteiger partial charge in [0.2, 0.25) is 0 Å². The zero-order valence-corrected chi connectivity index (χ0v) is 11.4. The van der Waals surface area contributed by atoms with Gasteiger partial charge in [0.05, 0.1) is 12.2 Å². The van der Waals surface area contributed by atoms with E-state index >= 15 is 0 Å². The van der Waals surface area contributed by atoms with Crippen molar-refractivity contribution in [1.82, 2.24) is 4.57 Å². The van der Waals surface area contributed by atoms with Crippen LogP contribution in [0, 0.1) is 0 Å². The molecule has 19 heavy (non-hydrogen) atoms. The molecule has 102 valence electrons. The van der Waals surface area contributed by atoms with Gasteiger partial charge in [0.15, 0.2) is 0 Å². The van der Waals surface area contributed by atoms with Gasteiger partial charge in [0.25, 0.3) is 0 Å². The standard InChI is InChI=1S/C15H19NO3/c1-16-9-8-12-13(6-5-7-14(12)16)15(17)19-11-4-3-10-18-2/h5-9H,3-4,10-11H2,1-2H3. The van der Waals surface area contributed by atoms with E-state index in [2.05, 4.69) is 0 Å². The number of hydrogen-bond donors (Lipinski definition) is 0. The third kappa shape index (κ3) is 3.15. The van der Waals surface area contributed by atoms with Crippen LogP contribution in [-0.2, 0) is 16.5 Å². The van der Waals surface area contributed by atoms with Crippen LogP contribution in [0.3, 0.4) is 0 Å². The molecule has 0 aliphatic carbocycles. The van der Waals surface area contributed by atoms with E-state index in [1.807, 2.05) is 36.0 Å². The number of aryl methyl sites for hydroxylation is 1. The third-order valence-corrected chi connectivity index (χ3v) is 3.12. The first-order valence-corrected chi connectivity index (χ1v) is 6.44. The molecule has 1 aromatic carbocycles. The van der Waals surface area contributed by atoms with Gasteiger partial charge >= 0.3 is 5.97 Å². The lowest BCUT2D eigenvalue weighted by atomic mass is 10.1. The molecule has 4 heteroatoms.